The highest BCUT2D eigenvalue weighted by atomic mass is 79.9. The molecule has 0 aliphatic carbocycles. The molecular formula is C8H13BrN2O2S. The van der Waals surface area contributed by atoms with Crippen LogP contribution < -0.4 is 11.1 Å². The first-order chi connectivity index (χ1) is 6.57. The fraction of sp³-hybridized carbons (Fsp3) is 0.375. The van der Waals surface area contributed by atoms with Crippen LogP contribution in [0.1, 0.15) is 23.5 Å². The molecule has 0 aliphatic rings. The molecule has 0 bridgehead atoms. The van der Waals surface area contributed by atoms with E-state index >= 15 is 0 Å². The lowest BCUT2D eigenvalue weighted by atomic mass is 10.4. The van der Waals surface area contributed by atoms with E-state index in [0.29, 0.717) is 3.79 Å². The van der Waals surface area contributed by atoms with E-state index < -0.39 is 0 Å². The summed E-state index contributed by atoms with van der Waals surface area (Å²) in [6, 6.07) is 0. The van der Waals surface area contributed by atoms with E-state index in [-0.39, 0.29) is 22.2 Å². The van der Waals surface area contributed by atoms with E-state index in [9.17, 15) is 9.90 Å². The van der Waals surface area contributed by atoms with E-state index in [1.165, 1.54) is 7.05 Å². The van der Waals surface area contributed by atoms with Crippen molar-refractivity contribution in [3.63, 3.8) is 0 Å². The number of hydrogen-bond acceptors (Lipinski definition) is 4. The van der Waals surface area contributed by atoms with Crippen LogP contribution >= 0.6 is 27.3 Å². The Morgan fingerprint density at radius 1 is 1.57 bits per heavy atom. The summed E-state index contributed by atoms with van der Waals surface area (Å²) in [5.74, 6) is -0.499. The fourth-order valence-electron chi connectivity index (χ4n) is 0.676. The molecule has 1 rings (SSSR count). The van der Waals surface area contributed by atoms with Crippen LogP contribution in [0.3, 0.4) is 0 Å². The standard InChI is InChI=1S/C6H7BrN2O2S.C2H6/c1-9-6(11)4-3(10)2(8)5(7)12-4;1-2/h10H,8H2,1H3,(H,9,11);1-2H3. The molecule has 0 radical (unpaired) electrons. The molecule has 0 saturated heterocycles. The topological polar surface area (TPSA) is 75.4 Å². The SMILES string of the molecule is CC.CNC(=O)c1sc(Br)c(N)c1O. The third kappa shape index (κ3) is 2.62. The Labute approximate surface area is 95.3 Å². The van der Waals surface area contributed by atoms with Gasteiger partial charge in [0.2, 0.25) is 0 Å². The lowest BCUT2D eigenvalue weighted by molar-refractivity contribution is 0.0965. The van der Waals surface area contributed by atoms with Crippen molar-refractivity contribution in [1.29, 1.82) is 0 Å². The number of amides is 1. The van der Waals surface area contributed by atoms with Gasteiger partial charge in [-0.3, -0.25) is 4.79 Å². The van der Waals surface area contributed by atoms with Gasteiger partial charge < -0.3 is 16.2 Å². The smallest absolute Gasteiger partial charge is 0.265 e. The molecule has 80 valence electrons. The van der Waals surface area contributed by atoms with Gasteiger partial charge in [0.1, 0.15) is 10.6 Å². The Morgan fingerprint density at radius 3 is 2.36 bits per heavy atom. The van der Waals surface area contributed by atoms with Crippen LogP contribution in [0.25, 0.3) is 0 Å². The number of thiophene rings is 1. The summed E-state index contributed by atoms with van der Waals surface area (Å²) >= 11 is 4.22. The van der Waals surface area contributed by atoms with Gasteiger partial charge in [-0.25, -0.2) is 0 Å². The van der Waals surface area contributed by atoms with Crippen molar-refractivity contribution in [3.8, 4) is 5.75 Å². The maximum Gasteiger partial charge on any atom is 0.265 e. The predicted octanol–water partition coefficient (Wildman–Crippen LogP) is 2.18. The molecule has 0 atom stereocenters. The molecule has 1 aromatic heterocycles. The summed E-state index contributed by atoms with van der Waals surface area (Å²) in [7, 11) is 1.49. The second-order valence-corrected chi connectivity index (χ2v) is 4.38. The van der Waals surface area contributed by atoms with Crippen LogP contribution in [0.5, 0.6) is 5.75 Å². The van der Waals surface area contributed by atoms with Gasteiger partial charge in [0, 0.05) is 7.05 Å². The number of hydrogen-bond donors (Lipinski definition) is 3. The number of anilines is 1. The lowest BCUT2D eigenvalue weighted by Gasteiger charge is -1.95. The van der Waals surface area contributed by atoms with Crippen molar-refractivity contribution < 1.29 is 9.90 Å². The average molecular weight is 281 g/mol. The van der Waals surface area contributed by atoms with Crippen molar-refractivity contribution in [2.75, 3.05) is 12.8 Å². The molecule has 0 aromatic carbocycles. The largest absolute Gasteiger partial charge is 0.504 e. The number of nitrogens with two attached hydrogens (primary N) is 1. The zero-order valence-electron chi connectivity index (χ0n) is 8.22. The molecule has 4 N–H and O–H groups in total. The maximum atomic E-state index is 11.1. The van der Waals surface area contributed by atoms with E-state index in [4.69, 9.17) is 5.73 Å². The number of aromatic hydroxyl groups is 1. The van der Waals surface area contributed by atoms with Gasteiger partial charge >= 0.3 is 0 Å². The first-order valence-corrected chi connectivity index (χ1v) is 5.67. The zero-order valence-corrected chi connectivity index (χ0v) is 10.6. The van der Waals surface area contributed by atoms with Gasteiger partial charge in [-0.2, -0.15) is 0 Å². The van der Waals surface area contributed by atoms with E-state index in [1.807, 2.05) is 13.8 Å². The normalized spacial score (nSPS) is 8.86. The van der Waals surface area contributed by atoms with E-state index in [0.717, 1.165) is 11.3 Å². The van der Waals surface area contributed by atoms with Crippen LogP contribution in [0.15, 0.2) is 3.79 Å². The highest BCUT2D eigenvalue weighted by Gasteiger charge is 2.18. The zero-order chi connectivity index (χ0) is 11.3. The molecule has 6 heteroatoms. The first kappa shape index (κ1) is 13.2. The van der Waals surface area contributed by atoms with Gasteiger partial charge in [0.25, 0.3) is 5.91 Å². The van der Waals surface area contributed by atoms with Crippen LogP contribution in [0, 0.1) is 0 Å². The number of nitrogens with one attached hydrogen (secondary N) is 1. The molecule has 1 aromatic rings. The van der Waals surface area contributed by atoms with E-state index in [1.54, 1.807) is 0 Å². The number of rotatable bonds is 1. The molecule has 0 aliphatic heterocycles. The van der Waals surface area contributed by atoms with Gasteiger partial charge in [0.05, 0.1) is 3.79 Å². The van der Waals surface area contributed by atoms with Gasteiger partial charge in [-0.05, 0) is 15.9 Å². The molecule has 0 saturated carbocycles. The summed E-state index contributed by atoms with van der Waals surface area (Å²) in [6.07, 6.45) is 0. The second kappa shape index (κ2) is 5.87. The highest BCUT2D eigenvalue weighted by Crippen LogP contribution is 2.40. The van der Waals surface area contributed by atoms with Crippen LogP contribution in [0.2, 0.25) is 0 Å². The van der Waals surface area contributed by atoms with Crippen molar-refractivity contribution in [2.45, 2.75) is 13.8 Å². The van der Waals surface area contributed by atoms with E-state index in [2.05, 4.69) is 21.2 Å². The van der Waals surface area contributed by atoms with Crippen molar-refractivity contribution in [1.82, 2.24) is 5.32 Å². The quantitative estimate of drug-likeness (QED) is 0.738. The van der Waals surface area contributed by atoms with Crippen LogP contribution in [0.4, 0.5) is 5.69 Å². The summed E-state index contributed by atoms with van der Waals surface area (Å²) in [6.45, 7) is 4.00. The van der Waals surface area contributed by atoms with Gasteiger partial charge in [-0.1, -0.05) is 13.8 Å². The molecule has 0 spiro atoms. The molecule has 0 unspecified atom stereocenters. The second-order valence-electron chi connectivity index (χ2n) is 2.05. The summed E-state index contributed by atoms with van der Waals surface area (Å²) in [4.78, 5) is 11.3. The molecular weight excluding hydrogens is 268 g/mol. The number of nitrogen functional groups attached to an aromatic ring is 1. The summed E-state index contributed by atoms with van der Waals surface area (Å²) in [5, 5.41) is 11.7. The van der Waals surface area contributed by atoms with Crippen molar-refractivity contribution in [3.05, 3.63) is 8.66 Å². The Bertz CT molecular complexity index is 325. The average Bonchev–Trinajstić information content (AvgIpc) is 2.48. The minimum absolute atomic E-state index is 0.161. The minimum atomic E-state index is -0.338. The molecule has 4 nitrogen and oxygen atoms in total. The minimum Gasteiger partial charge on any atom is -0.504 e. The predicted molar refractivity (Wildman–Crippen MR) is 62.8 cm³/mol. The monoisotopic (exact) mass is 280 g/mol. The van der Waals surface area contributed by atoms with Crippen LogP contribution in [-0.4, -0.2) is 18.1 Å². The fourth-order valence-corrected chi connectivity index (χ4v) is 2.14. The number of halogens is 1. The highest BCUT2D eigenvalue weighted by molar-refractivity contribution is 9.11. The summed E-state index contributed by atoms with van der Waals surface area (Å²) in [5.41, 5.74) is 5.64. The van der Waals surface area contributed by atoms with Gasteiger partial charge in [-0.15, -0.1) is 11.3 Å². The third-order valence-corrected chi connectivity index (χ3v) is 3.20. The Balaban J connectivity index is 0.000000791. The van der Waals surface area contributed by atoms with Crippen molar-refractivity contribution >= 4 is 38.9 Å². The Kier molecular flexibility index (Phi) is 5.56. The first-order valence-electron chi connectivity index (χ1n) is 4.06. The molecule has 1 amide bonds. The molecule has 0 fully saturated rings. The van der Waals surface area contributed by atoms with Crippen LogP contribution in [-0.2, 0) is 0 Å². The molecule has 1 heterocycles. The van der Waals surface area contributed by atoms with Gasteiger partial charge in [0.15, 0.2) is 5.75 Å². The Hall–Kier alpha value is -0.750. The lowest BCUT2D eigenvalue weighted by Crippen LogP contribution is -2.16. The number of carbonyl (C=O) groups is 1. The third-order valence-electron chi connectivity index (χ3n) is 1.31. The summed E-state index contributed by atoms with van der Waals surface area (Å²) < 4.78 is 0.568. The maximum absolute atomic E-state index is 11.1. The van der Waals surface area contributed by atoms with Crippen molar-refractivity contribution in [2.24, 2.45) is 0 Å². The number of carbonyl (C=O) groups excluding carboxylic acids is 1. The Morgan fingerprint density at radius 2 is 2.07 bits per heavy atom. The molecule has 14 heavy (non-hydrogen) atoms.